The number of benzene rings is 1. The van der Waals surface area contributed by atoms with Crippen molar-refractivity contribution in [2.24, 2.45) is 0 Å². The van der Waals surface area contributed by atoms with Gasteiger partial charge in [-0.05, 0) is 45.6 Å². The topological polar surface area (TPSA) is 35.5 Å². The van der Waals surface area contributed by atoms with E-state index in [1.807, 2.05) is 6.08 Å². The Morgan fingerprint density at radius 1 is 1.21 bits per heavy atom. The number of carbonyl (C=O) groups excluding carboxylic acids is 1. The minimum absolute atomic E-state index is 0.00369. The van der Waals surface area contributed by atoms with E-state index < -0.39 is 0 Å². The van der Waals surface area contributed by atoms with Crippen molar-refractivity contribution in [3.8, 4) is 0 Å². The number of hydrogen-bond donors (Lipinski definition) is 0. The summed E-state index contributed by atoms with van der Waals surface area (Å²) in [4.78, 5) is 10.9. The van der Waals surface area contributed by atoms with Crippen LogP contribution in [0, 0.1) is 6.92 Å². The SMILES string of the molecule is C/C(=C\COCOC(=O)CBr)CC/C=C(\C)Cc1cccc(C)c1. The molecular formula is C20H27BrO3. The number of carbonyl (C=O) groups is 1. The maximum Gasteiger partial charge on any atom is 0.318 e. The van der Waals surface area contributed by atoms with Crippen LogP contribution in [-0.2, 0) is 20.7 Å². The van der Waals surface area contributed by atoms with Crippen LogP contribution in [0.1, 0.15) is 37.8 Å². The molecule has 3 nitrogen and oxygen atoms in total. The third-order valence-electron chi connectivity index (χ3n) is 3.56. The highest BCUT2D eigenvalue weighted by molar-refractivity contribution is 9.09. The van der Waals surface area contributed by atoms with Gasteiger partial charge in [-0.2, -0.15) is 0 Å². The molecule has 0 radical (unpaired) electrons. The van der Waals surface area contributed by atoms with Crippen molar-refractivity contribution < 1.29 is 14.3 Å². The van der Waals surface area contributed by atoms with Gasteiger partial charge in [0.25, 0.3) is 0 Å². The van der Waals surface area contributed by atoms with E-state index >= 15 is 0 Å². The molecule has 0 aromatic heterocycles. The van der Waals surface area contributed by atoms with Gasteiger partial charge in [0.05, 0.1) is 6.61 Å². The largest absolute Gasteiger partial charge is 0.438 e. The second-order valence-electron chi connectivity index (χ2n) is 5.94. The van der Waals surface area contributed by atoms with Gasteiger partial charge in [-0.3, -0.25) is 4.79 Å². The van der Waals surface area contributed by atoms with Crippen LogP contribution in [0.25, 0.3) is 0 Å². The molecular weight excluding hydrogens is 368 g/mol. The van der Waals surface area contributed by atoms with Crippen LogP contribution < -0.4 is 0 Å². The summed E-state index contributed by atoms with van der Waals surface area (Å²) in [5.74, 6) is -0.315. The molecule has 24 heavy (non-hydrogen) atoms. The fourth-order valence-corrected chi connectivity index (χ4v) is 2.42. The van der Waals surface area contributed by atoms with Gasteiger partial charge in [-0.25, -0.2) is 0 Å². The second-order valence-corrected chi connectivity index (χ2v) is 6.50. The molecule has 0 bridgehead atoms. The molecule has 0 aliphatic rings. The lowest BCUT2D eigenvalue weighted by atomic mass is 10.0. The number of ether oxygens (including phenoxy) is 2. The molecule has 4 heteroatoms. The lowest BCUT2D eigenvalue weighted by Crippen LogP contribution is -2.09. The molecule has 1 rings (SSSR count). The van der Waals surface area contributed by atoms with Crippen molar-refractivity contribution in [1.82, 2.24) is 0 Å². The van der Waals surface area contributed by atoms with Crippen molar-refractivity contribution in [3.63, 3.8) is 0 Å². The average molecular weight is 395 g/mol. The van der Waals surface area contributed by atoms with Crippen LogP contribution in [0.2, 0.25) is 0 Å². The van der Waals surface area contributed by atoms with E-state index in [9.17, 15) is 4.79 Å². The summed E-state index contributed by atoms with van der Waals surface area (Å²) in [6.07, 6.45) is 7.38. The standard InChI is InChI=1S/C20H27BrO3/c1-16(10-11-23-15-24-20(22)14-21)6-4-7-17(2)12-19-9-5-8-18(3)13-19/h5,7-10,13H,4,6,11-12,14-15H2,1-3H3/b16-10+,17-7+. The minimum Gasteiger partial charge on any atom is -0.438 e. The van der Waals surface area contributed by atoms with E-state index in [1.54, 1.807) is 0 Å². The average Bonchev–Trinajstić information content (AvgIpc) is 2.54. The third-order valence-corrected chi connectivity index (χ3v) is 4.02. The van der Waals surface area contributed by atoms with Crippen molar-refractivity contribution in [2.75, 3.05) is 18.7 Å². The van der Waals surface area contributed by atoms with Crippen LogP contribution in [0.15, 0.2) is 47.6 Å². The smallest absolute Gasteiger partial charge is 0.318 e. The van der Waals surface area contributed by atoms with Gasteiger partial charge >= 0.3 is 5.97 Å². The molecule has 0 unspecified atom stereocenters. The first kappa shape index (κ1) is 20.7. The number of halogens is 1. The Morgan fingerprint density at radius 2 is 2.00 bits per heavy atom. The number of rotatable bonds is 10. The first-order valence-corrected chi connectivity index (χ1v) is 9.29. The van der Waals surface area contributed by atoms with E-state index in [-0.39, 0.29) is 18.1 Å². The lowest BCUT2D eigenvalue weighted by Gasteiger charge is -2.05. The van der Waals surface area contributed by atoms with Gasteiger partial charge in [-0.15, -0.1) is 0 Å². The zero-order valence-corrected chi connectivity index (χ0v) is 16.4. The molecule has 0 amide bonds. The van der Waals surface area contributed by atoms with Crippen molar-refractivity contribution >= 4 is 21.9 Å². The Hall–Kier alpha value is -1.39. The normalized spacial score (nSPS) is 12.3. The zero-order valence-electron chi connectivity index (χ0n) is 14.8. The van der Waals surface area contributed by atoms with Crippen LogP contribution >= 0.6 is 15.9 Å². The maximum atomic E-state index is 10.9. The second kappa shape index (κ2) is 12.0. The molecule has 0 heterocycles. The first-order chi connectivity index (χ1) is 11.5. The number of allylic oxidation sites excluding steroid dienone is 3. The molecule has 0 fully saturated rings. The fraction of sp³-hybridized carbons (Fsp3) is 0.450. The number of esters is 1. The predicted molar refractivity (Wildman–Crippen MR) is 102 cm³/mol. The number of hydrogen-bond acceptors (Lipinski definition) is 3. The number of alkyl halides is 1. The molecule has 0 N–H and O–H groups in total. The molecule has 1 aromatic rings. The van der Waals surface area contributed by atoms with Gasteiger partial charge < -0.3 is 9.47 Å². The summed E-state index contributed by atoms with van der Waals surface area (Å²) >= 11 is 3.02. The maximum absolute atomic E-state index is 10.9. The minimum atomic E-state index is -0.315. The molecule has 0 saturated heterocycles. The van der Waals surface area contributed by atoms with Crippen molar-refractivity contribution in [2.45, 2.75) is 40.0 Å². The Balaban J connectivity index is 2.24. The third kappa shape index (κ3) is 9.68. The number of aryl methyl sites for hydroxylation is 1. The molecule has 0 saturated carbocycles. The van der Waals surface area contributed by atoms with E-state index in [0.717, 1.165) is 19.3 Å². The van der Waals surface area contributed by atoms with Crippen LogP contribution in [-0.4, -0.2) is 24.7 Å². The monoisotopic (exact) mass is 394 g/mol. The predicted octanol–water partition coefficient (Wildman–Crippen LogP) is 5.12. The van der Waals surface area contributed by atoms with Crippen LogP contribution in [0.5, 0.6) is 0 Å². The van der Waals surface area contributed by atoms with Crippen LogP contribution in [0.4, 0.5) is 0 Å². The molecule has 1 aromatic carbocycles. The van der Waals surface area contributed by atoms with Gasteiger partial charge in [0.15, 0.2) is 6.79 Å². The van der Waals surface area contributed by atoms with Gasteiger partial charge in [0.2, 0.25) is 0 Å². The molecule has 0 aliphatic heterocycles. The highest BCUT2D eigenvalue weighted by Gasteiger charge is 1.98. The lowest BCUT2D eigenvalue weighted by molar-refractivity contribution is -0.151. The van der Waals surface area contributed by atoms with Crippen molar-refractivity contribution in [1.29, 1.82) is 0 Å². The Morgan fingerprint density at radius 3 is 2.71 bits per heavy atom. The van der Waals surface area contributed by atoms with E-state index in [4.69, 9.17) is 9.47 Å². The summed E-state index contributed by atoms with van der Waals surface area (Å²) in [7, 11) is 0. The molecule has 132 valence electrons. The van der Waals surface area contributed by atoms with Gasteiger partial charge in [-0.1, -0.05) is 69.1 Å². The van der Waals surface area contributed by atoms with E-state index in [0.29, 0.717) is 6.61 Å². The summed E-state index contributed by atoms with van der Waals surface area (Å²) in [6, 6.07) is 8.65. The highest BCUT2D eigenvalue weighted by atomic mass is 79.9. The first-order valence-electron chi connectivity index (χ1n) is 8.17. The van der Waals surface area contributed by atoms with Gasteiger partial charge in [0, 0.05) is 0 Å². The Kier molecular flexibility index (Phi) is 10.4. The zero-order chi connectivity index (χ0) is 17.8. The summed E-state index contributed by atoms with van der Waals surface area (Å²) in [6.45, 7) is 6.87. The summed E-state index contributed by atoms with van der Waals surface area (Å²) in [5, 5.41) is 0.194. The van der Waals surface area contributed by atoms with E-state index in [1.165, 1.54) is 22.3 Å². The molecule has 0 atom stereocenters. The highest BCUT2D eigenvalue weighted by Crippen LogP contribution is 2.12. The van der Waals surface area contributed by atoms with Crippen molar-refractivity contribution in [3.05, 3.63) is 58.7 Å². The van der Waals surface area contributed by atoms with Crippen LogP contribution in [0.3, 0.4) is 0 Å². The Bertz CT molecular complexity index is 576. The van der Waals surface area contributed by atoms with E-state index in [2.05, 4.69) is 67.0 Å². The molecule has 0 spiro atoms. The quantitative estimate of drug-likeness (QED) is 0.181. The molecule has 0 aliphatic carbocycles. The fourth-order valence-electron chi connectivity index (χ4n) is 2.26. The Labute approximate surface area is 153 Å². The summed E-state index contributed by atoms with van der Waals surface area (Å²) in [5.41, 5.74) is 5.34. The van der Waals surface area contributed by atoms with Gasteiger partial charge in [0.1, 0.15) is 5.33 Å². The summed E-state index contributed by atoms with van der Waals surface area (Å²) < 4.78 is 10.0.